The predicted octanol–water partition coefficient (Wildman–Crippen LogP) is 6.73. The van der Waals surface area contributed by atoms with E-state index in [1.54, 1.807) is 9.80 Å². The number of benzene rings is 3. The number of hydrogen-bond donors (Lipinski definition) is 4. The van der Waals surface area contributed by atoms with Crippen molar-refractivity contribution in [1.29, 1.82) is 5.26 Å². The van der Waals surface area contributed by atoms with Gasteiger partial charge in [0.05, 0.1) is 60.0 Å². The molecule has 0 radical (unpaired) electrons. The molecule has 3 aromatic carbocycles. The normalized spacial score (nSPS) is 17.8. The number of fused-ring (bicyclic) bond motifs is 2. The number of likely N-dealkylation sites (tertiary alicyclic amines) is 2. The van der Waals surface area contributed by atoms with E-state index in [0.717, 1.165) is 70.0 Å². The van der Waals surface area contributed by atoms with Gasteiger partial charge in [-0.05, 0) is 90.1 Å². The van der Waals surface area contributed by atoms with Crippen LogP contribution in [0.4, 0.5) is 9.59 Å². The lowest BCUT2D eigenvalue weighted by Gasteiger charge is -2.29. The van der Waals surface area contributed by atoms with Crippen LogP contribution in [0, 0.1) is 23.2 Å². The molecule has 15 nitrogen and oxygen atoms in total. The van der Waals surface area contributed by atoms with E-state index in [9.17, 15) is 24.4 Å². The Bertz CT molecular complexity index is 2410. The fourth-order valence-corrected chi connectivity index (χ4v) is 8.18. The minimum Gasteiger partial charge on any atom is -0.453 e. The van der Waals surface area contributed by atoms with Crippen molar-refractivity contribution < 1.29 is 28.7 Å². The lowest BCUT2D eigenvalue weighted by Crippen LogP contribution is -2.51. The molecule has 0 spiro atoms. The van der Waals surface area contributed by atoms with E-state index in [1.807, 2.05) is 82.3 Å². The predicted molar refractivity (Wildman–Crippen MR) is 217 cm³/mol. The number of aromatic amines is 2. The van der Waals surface area contributed by atoms with Crippen LogP contribution in [0.5, 0.6) is 0 Å². The van der Waals surface area contributed by atoms with E-state index in [2.05, 4.69) is 26.7 Å². The second-order valence-electron chi connectivity index (χ2n) is 15.7. The highest BCUT2D eigenvalue weighted by Gasteiger charge is 2.39. The molecule has 58 heavy (non-hydrogen) atoms. The van der Waals surface area contributed by atoms with Gasteiger partial charge < -0.3 is 39.9 Å². The summed E-state index contributed by atoms with van der Waals surface area (Å²) in [5.41, 5.74) is 6.99. The summed E-state index contributed by atoms with van der Waals surface area (Å²) in [7, 11) is 2.56. The van der Waals surface area contributed by atoms with Crippen molar-refractivity contribution in [3.8, 4) is 28.3 Å². The van der Waals surface area contributed by atoms with E-state index in [1.165, 1.54) is 14.2 Å². The largest absolute Gasteiger partial charge is 0.453 e. The van der Waals surface area contributed by atoms with Crippen LogP contribution in [0.25, 0.3) is 44.3 Å². The fraction of sp³-hybridized carbons (Fsp3) is 0.419. The maximum absolute atomic E-state index is 13.7. The van der Waals surface area contributed by atoms with Gasteiger partial charge in [0.25, 0.3) is 0 Å². The first-order chi connectivity index (χ1) is 27.9. The monoisotopic (exact) mass is 787 g/mol. The minimum atomic E-state index is -0.725. The third-order valence-corrected chi connectivity index (χ3v) is 11.3. The van der Waals surface area contributed by atoms with Gasteiger partial charge in [0.2, 0.25) is 11.8 Å². The molecule has 7 rings (SSSR count). The average Bonchev–Trinajstić information content (AvgIpc) is 4.05. The first-order valence-electron chi connectivity index (χ1n) is 19.7. The maximum Gasteiger partial charge on any atom is 0.407 e. The zero-order valence-electron chi connectivity index (χ0n) is 33.6. The molecule has 2 aromatic heterocycles. The number of hydrogen-bond acceptors (Lipinski definition) is 9. The standard InChI is InChI=1S/C43H49N9O6/c1-23(2)36(49-42(55)57-5)40(53)51-17-7-9-34(51)38-45-30-15-12-26(20-32(30)47-38)25-11-14-29(28(19-25)22-44)27-13-16-31-33(21-27)48-39(46-31)35-10-8-18-52(35)41(54)37(24(3)4)50-43(56)58-6/h11-16,19-21,23-24,34-37H,7-10,17-18H2,1-6H3,(H,45,47)(H,46,48)(H,49,55)(H,50,56)/t34?,35?,36?,37-/m0/s1. The van der Waals surface area contributed by atoms with Crippen LogP contribution in [0.2, 0.25) is 0 Å². The number of nitrogens with zero attached hydrogens (tertiary/aromatic N) is 5. The summed E-state index contributed by atoms with van der Waals surface area (Å²) >= 11 is 0. The van der Waals surface area contributed by atoms with Gasteiger partial charge in [-0.2, -0.15) is 5.26 Å². The molecular weight excluding hydrogens is 739 g/mol. The van der Waals surface area contributed by atoms with E-state index >= 15 is 0 Å². The second-order valence-corrected chi connectivity index (χ2v) is 15.7. The van der Waals surface area contributed by atoms with E-state index in [0.29, 0.717) is 30.3 Å². The van der Waals surface area contributed by atoms with E-state index < -0.39 is 24.3 Å². The maximum atomic E-state index is 13.7. The Morgan fingerprint density at radius 2 is 1.16 bits per heavy atom. The highest BCUT2D eigenvalue weighted by molar-refractivity contribution is 5.89. The van der Waals surface area contributed by atoms with Crippen LogP contribution >= 0.6 is 0 Å². The zero-order chi connectivity index (χ0) is 41.2. The minimum absolute atomic E-state index is 0.133. The molecule has 3 unspecified atom stereocenters. The number of nitriles is 1. The summed E-state index contributed by atoms with van der Waals surface area (Å²) < 4.78 is 9.53. The lowest BCUT2D eigenvalue weighted by atomic mass is 9.95. The van der Waals surface area contributed by atoms with Crippen molar-refractivity contribution in [1.82, 2.24) is 40.4 Å². The number of rotatable bonds is 10. The molecule has 4 N–H and O–H groups in total. The topological polar surface area (TPSA) is 198 Å². The number of ether oxygens (including phenoxy) is 2. The summed E-state index contributed by atoms with van der Waals surface area (Å²) in [6.07, 6.45) is 1.82. The smallest absolute Gasteiger partial charge is 0.407 e. The third-order valence-electron chi connectivity index (χ3n) is 11.3. The van der Waals surface area contributed by atoms with Gasteiger partial charge >= 0.3 is 12.2 Å². The molecule has 2 aliphatic heterocycles. The van der Waals surface area contributed by atoms with Crippen LogP contribution < -0.4 is 10.6 Å². The van der Waals surface area contributed by atoms with Gasteiger partial charge in [-0.1, -0.05) is 52.0 Å². The van der Waals surface area contributed by atoms with Crippen molar-refractivity contribution in [2.45, 2.75) is 77.5 Å². The van der Waals surface area contributed by atoms with Crippen molar-refractivity contribution in [2.75, 3.05) is 27.3 Å². The summed E-state index contributed by atoms with van der Waals surface area (Å²) in [6, 6.07) is 18.0. The number of imidazole rings is 2. The van der Waals surface area contributed by atoms with Crippen LogP contribution in [0.15, 0.2) is 54.6 Å². The molecule has 2 saturated heterocycles. The Morgan fingerprint density at radius 3 is 1.62 bits per heavy atom. The van der Waals surface area contributed by atoms with Gasteiger partial charge in [-0.15, -0.1) is 0 Å². The van der Waals surface area contributed by atoms with Crippen molar-refractivity contribution in [3.05, 3.63) is 71.8 Å². The molecule has 15 heteroatoms. The van der Waals surface area contributed by atoms with Crippen LogP contribution in [0.1, 0.15) is 82.7 Å². The van der Waals surface area contributed by atoms with Gasteiger partial charge in [0.1, 0.15) is 23.7 Å². The van der Waals surface area contributed by atoms with Gasteiger partial charge in [-0.25, -0.2) is 19.6 Å². The van der Waals surface area contributed by atoms with Crippen LogP contribution in [-0.4, -0.2) is 93.1 Å². The van der Waals surface area contributed by atoms with Crippen LogP contribution in [-0.2, 0) is 19.1 Å². The summed E-state index contributed by atoms with van der Waals surface area (Å²) in [5.74, 6) is 0.752. The number of carbonyl (C=O) groups is 4. The second kappa shape index (κ2) is 16.6. The molecule has 2 fully saturated rings. The van der Waals surface area contributed by atoms with Gasteiger partial charge in [-0.3, -0.25) is 9.59 Å². The van der Waals surface area contributed by atoms with Crippen molar-refractivity contribution in [3.63, 3.8) is 0 Å². The van der Waals surface area contributed by atoms with E-state index in [-0.39, 0.29) is 35.7 Å². The lowest BCUT2D eigenvalue weighted by molar-refractivity contribution is -0.136. The molecular formula is C43H49N9O6. The fourth-order valence-electron chi connectivity index (χ4n) is 8.18. The first kappa shape index (κ1) is 39.8. The Morgan fingerprint density at radius 1 is 0.707 bits per heavy atom. The summed E-state index contributed by atoms with van der Waals surface area (Å²) in [5, 5.41) is 15.7. The molecule has 5 aromatic rings. The number of aromatic nitrogens is 4. The first-order valence-corrected chi connectivity index (χ1v) is 19.7. The SMILES string of the molecule is COC(=O)NC(C(=O)N1CCCC1c1nc2ccc(-c3ccc(-c4ccc5nc(C6CCCN6C(=O)[C@@H](NC(=O)OC)C(C)C)[nH]c5c4)c(C#N)c3)cc2[nH]1)C(C)C. The average molecular weight is 788 g/mol. The molecule has 4 atom stereocenters. The molecule has 0 aliphatic carbocycles. The number of alkyl carbamates (subject to hydrolysis) is 2. The molecule has 302 valence electrons. The van der Waals surface area contributed by atoms with Crippen molar-refractivity contribution >= 4 is 46.1 Å². The number of nitrogens with one attached hydrogen (secondary N) is 4. The third kappa shape index (κ3) is 7.78. The summed E-state index contributed by atoms with van der Waals surface area (Å²) in [6.45, 7) is 8.66. The molecule has 4 heterocycles. The summed E-state index contributed by atoms with van der Waals surface area (Å²) in [4.78, 5) is 71.5. The molecule has 2 aliphatic rings. The Labute approximate surface area is 336 Å². The molecule has 0 bridgehead atoms. The Kier molecular flexibility index (Phi) is 11.4. The highest BCUT2D eigenvalue weighted by Crippen LogP contribution is 2.36. The van der Waals surface area contributed by atoms with Gasteiger partial charge in [0.15, 0.2) is 0 Å². The number of methoxy groups -OCH3 is 2. The van der Waals surface area contributed by atoms with Crippen LogP contribution in [0.3, 0.4) is 0 Å². The zero-order valence-corrected chi connectivity index (χ0v) is 33.6. The van der Waals surface area contributed by atoms with Crippen molar-refractivity contribution in [2.24, 2.45) is 11.8 Å². The Hall–Kier alpha value is -6.43. The molecule has 4 amide bonds. The molecule has 0 saturated carbocycles. The number of amides is 4. The number of carbonyl (C=O) groups excluding carboxylic acids is 4. The van der Waals surface area contributed by atoms with E-state index in [4.69, 9.17) is 19.4 Å². The Balaban J connectivity index is 1.11. The van der Waals surface area contributed by atoms with Gasteiger partial charge in [0, 0.05) is 13.1 Å². The quantitative estimate of drug-likeness (QED) is 0.119. The number of H-pyrrole nitrogens is 2. The highest BCUT2D eigenvalue weighted by atomic mass is 16.5.